The summed E-state index contributed by atoms with van der Waals surface area (Å²) in [7, 11) is 0. The predicted octanol–water partition coefficient (Wildman–Crippen LogP) is 2.93. The monoisotopic (exact) mass is 314 g/mol. The van der Waals surface area contributed by atoms with E-state index in [1.54, 1.807) is 18.2 Å². The maximum atomic E-state index is 14.8. The van der Waals surface area contributed by atoms with Crippen LogP contribution in [0.15, 0.2) is 53.3 Å². The summed E-state index contributed by atoms with van der Waals surface area (Å²) in [6, 6.07) is 12.5. The minimum absolute atomic E-state index is 0.0482. The molecule has 116 valence electrons. The highest BCUT2D eigenvalue weighted by molar-refractivity contribution is 5.83. The van der Waals surface area contributed by atoms with Gasteiger partial charge >= 0.3 is 5.92 Å². The Morgan fingerprint density at radius 2 is 1.87 bits per heavy atom. The molecular formula is C17H12F2N2O2. The van der Waals surface area contributed by atoms with Crippen LogP contribution in [-0.4, -0.2) is 16.2 Å². The SMILES string of the molecule is O=c1cc(C(F)(F)c2ccc3ccccc3c2)nc2n1CCO2. The van der Waals surface area contributed by atoms with E-state index in [0.29, 0.717) is 11.9 Å². The molecule has 0 N–H and O–H groups in total. The highest BCUT2D eigenvalue weighted by Gasteiger charge is 2.37. The largest absolute Gasteiger partial charge is 0.463 e. The van der Waals surface area contributed by atoms with E-state index >= 15 is 0 Å². The topological polar surface area (TPSA) is 44.1 Å². The van der Waals surface area contributed by atoms with Gasteiger partial charge < -0.3 is 4.74 Å². The summed E-state index contributed by atoms with van der Waals surface area (Å²) in [6.45, 7) is 0.607. The minimum atomic E-state index is -3.37. The summed E-state index contributed by atoms with van der Waals surface area (Å²) in [5.41, 5.74) is -1.32. The van der Waals surface area contributed by atoms with Crippen LogP contribution >= 0.6 is 0 Å². The zero-order valence-corrected chi connectivity index (χ0v) is 12.0. The van der Waals surface area contributed by atoms with Crippen molar-refractivity contribution in [1.82, 2.24) is 9.55 Å². The quantitative estimate of drug-likeness (QED) is 0.730. The van der Waals surface area contributed by atoms with Crippen molar-refractivity contribution in [3.63, 3.8) is 0 Å². The second-order valence-electron chi connectivity index (χ2n) is 5.40. The smallest absolute Gasteiger partial charge is 0.315 e. The number of halogens is 2. The summed E-state index contributed by atoms with van der Waals surface area (Å²) in [6.07, 6.45) is 0. The molecule has 0 fully saturated rings. The van der Waals surface area contributed by atoms with Gasteiger partial charge in [0.1, 0.15) is 12.3 Å². The maximum Gasteiger partial charge on any atom is 0.315 e. The van der Waals surface area contributed by atoms with Gasteiger partial charge in [-0.15, -0.1) is 0 Å². The Morgan fingerprint density at radius 3 is 2.70 bits per heavy atom. The number of hydrogen-bond donors (Lipinski definition) is 0. The van der Waals surface area contributed by atoms with Gasteiger partial charge in [0, 0.05) is 11.6 Å². The van der Waals surface area contributed by atoms with Gasteiger partial charge in [0.05, 0.1) is 6.54 Å². The van der Waals surface area contributed by atoms with Gasteiger partial charge in [-0.3, -0.25) is 9.36 Å². The first-order valence-electron chi connectivity index (χ1n) is 7.18. The Labute approximate surface area is 130 Å². The van der Waals surface area contributed by atoms with Crippen LogP contribution in [0.3, 0.4) is 0 Å². The van der Waals surface area contributed by atoms with Crippen molar-refractivity contribution in [2.75, 3.05) is 6.61 Å². The van der Waals surface area contributed by atoms with Crippen LogP contribution in [0.4, 0.5) is 8.78 Å². The number of hydrogen-bond acceptors (Lipinski definition) is 3. The van der Waals surface area contributed by atoms with Gasteiger partial charge in [0.2, 0.25) is 0 Å². The average Bonchev–Trinajstić information content (AvgIpc) is 3.03. The third-order valence-electron chi connectivity index (χ3n) is 3.95. The van der Waals surface area contributed by atoms with Crippen molar-refractivity contribution in [3.05, 3.63) is 70.1 Å². The Hall–Kier alpha value is -2.76. The van der Waals surface area contributed by atoms with Crippen molar-refractivity contribution in [3.8, 4) is 6.01 Å². The molecule has 0 atom stereocenters. The van der Waals surface area contributed by atoms with E-state index < -0.39 is 17.2 Å². The summed E-state index contributed by atoms with van der Waals surface area (Å²) in [5.74, 6) is -3.37. The van der Waals surface area contributed by atoms with Gasteiger partial charge in [0.15, 0.2) is 0 Å². The molecule has 1 aliphatic heterocycles. The Balaban J connectivity index is 1.85. The molecule has 0 saturated carbocycles. The van der Waals surface area contributed by atoms with Gasteiger partial charge in [0.25, 0.3) is 11.6 Å². The van der Waals surface area contributed by atoms with Crippen molar-refractivity contribution in [2.24, 2.45) is 0 Å². The van der Waals surface area contributed by atoms with Crippen LogP contribution in [0, 0.1) is 0 Å². The van der Waals surface area contributed by atoms with Gasteiger partial charge in [-0.1, -0.05) is 36.4 Å². The third-order valence-corrected chi connectivity index (χ3v) is 3.95. The normalized spacial score (nSPS) is 13.8. The molecule has 4 nitrogen and oxygen atoms in total. The van der Waals surface area contributed by atoms with E-state index in [1.807, 2.05) is 12.1 Å². The molecule has 0 unspecified atom stereocenters. The standard InChI is InChI=1S/C17H12F2N2O2/c18-17(19,13-6-5-11-3-1-2-4-12(11)9-13)14-10-15(22)21-7-8-23-16(21)20-14/h1-6,9-10H,7-8H2. The molecule has 0 radical (unpaired) electrons. The Morgan fingerprint density at radius 1 is 1.09 bits per heavy atom. The molecular weight excluding hydrogens is 302 g/mol. The first-order chi connectivity index (χ1) is 11.1. The zero-order valence-electron chi connectivity index (χ0n) is 12.0. The molecule has 4 rings (SSSR count). The van der Waals surface area contributed by atoms with E-state index in [4.69, 9.17) is 4.74 Å². The summed E-state index contributed by atoms with van der Waals surface area (Å²) >= 11 is 0. The number of rotatable bonds is 2. The van der Waals surface area contributed by atoms with Gasteiger partial charge in [-0.25, -0.2) is 0 Å². The van der Waals surface area contributed by atoms with E-state index in [1.165, 1.54) is 16.7 Å². The van der Waals surface area contributed by atoms with Crippen LogP contribution in [0.2, 0.25) is 0 Å². The van der Waals surface area contributed by atoms with Crippen LogP contribution in [-0.2, 0) is 12.5 Å². The lowest BCUT2D eigenvalue weighted by molar-refractivity contribution is 0.0371. The second-order valence-corrected chi connectivity index (χ2v) is 5.40. The molecule has 2 aromatic carbocycles. The lowest BCUT2D eigenvalue weighted by Crippen LogP contribution is -2.24. The van der Waals surface area contributed by atoms with Crippen LogP contribution < -0.4 is 10.3 Å². The van der Waals surface area contributed by atoms with Crippen LogP contribution in [0.25, 0.3) is 10.8 Å². The number of ether oxygens (including phenoxy) is 1. The second kappa shape index (κ2) is 4.87. The Kier molecular flexibility index (Phi) is 2.94. The number of aromatic nitrogens is 2. The van der Waals surface area contributed by atoms with Crippen molar-refractivity contribution >= 4 is 10.8 Å². The van der Waals surface area contributed by atoms with Crippen LogP contribution in [0.1, 0.15) is 11.3 Å². The molecule has 3 aromatic rings. The molecule has 0 saturated heterocycles. The average molecular weight is 314 g/mol. The van der Waals surface area contributed by atoms with Gasteiger partial charge in [-0.05, 0) is 16.8 Å². The first kappa shape index (κ1) is 13.9. The third kappa shape index (κ3) is 2.18. The molecule has 0 aliphatic carbocycles. The van der Waals surface area contributed by atoms with E-state index in [0.717, 1.165) is 11.5 Å². The first-order valence-corrected chi connectivity index (χ1v) is 7.18. The zero-order chi connectivity index (χ0) is 16.0. The fourth-order valence-corrected chi connectivity index (χ4v) is 2.72. The van der Waals surface area contributed by atoms with E-state index in [9.17, 15) is 13.6 Å². The maximum absolute atomic E-state index is 14.8. The highest BCUT2D eigenvalue weighted by atomic mass is 19.3. The van der Waals surface area contributed by atoms with Crippen molar-refractivity contribution in [1.29, 1.82) is 0 Å². The molecule has 2 heterocycles. The number of nitrogens with zero attached hydrogens (tertiary/aromatic N) is 2. The predicted molar refractivity (Wildman–Crippen MR) is 80.9 cm³/mol. The number of fused-ring (bicyclic) bond motifs is 2. The molecule has 0 spiro atoms. The summed E-state index contributed by atoms with van der Waals surface area (Å²) < 4.78 is 36.0. The highest BCUT2D eigenvalue weighted by Crippen LogP contribution is 2.36. The fourth-order valence-electron chi connectivity index (χ4n) is 2.72. The molecule has 6 heteroatoms. The fraction of sp³-hybridized carbons (Fsp3) is 0.176. The number of benzene rings is 2. The van der Waals surface area contributed by atoms with E-state index in [2.05, 4.69) is 4.98 Å². The Bertz CT molecular complexity index is 966. The molecule has 23 heavy (non-hydrogen) atoms. The molecule has 0 bridgehead atoms. The van der Waals surface area contributed by atoms with E-state index in [-0.39, 0.29) is 18.2 Å². The lowest BCUT2D eigenvalue weighted by Gasteiger charge is -2.17. The summed E-state index contributed by atoms with van der Waals surface area (Å²) in [5, 5.41) is 1.58. The molecule has 1 aromatic heterocycles. The van der Waals surface area contributed by atoms with Gasteiger partial charge in [-0.2, -0.15) is 13.8 Å². The summed E-state index contributed by atoms with van der Waals surface area (Å²) in [4.78, 5) is 15.8. The number of alkyl halides is 2. The van der Waals surface area contributed by atoms with Crippen molar-refractivity contribution < 1.29 is 13.5 Å². The van der Waals surface area contributed by atoms with Crippen LogP contribution in [0.5, 0.6) is 6.01 Å². The molecule has 1 aliphatic rings. The lowest BCUT2D eigenvalue weighted by atomic mass is 10.0. The van der Waals surface area contributed by atoms with Crippen molar-refractivity contribution in [2.45, 2.75) is 12.5 Å². The minimum Gasteiger partial charge on any atom is -0.463 e. The molecule has 0 amide bonds.